The molecule has 1 amide bonds. The van der Waals surface area contributed by atoms with E-state index in [0.717, 1.165) is 11.1 Å². The molecule has 2 heterocycles. The standard InChI is InChI=1S/C28H29NO5/c1-16(2)15-33-22-8-6-7-20(14-22)26(30)24-25(23-10-9-19(5)34-23)29(28(32)27(24)31)21-12-17(3)11-18(4)13-21/h6-14,16,25,30H,15H2,1-5H3/b26-24-. The van der Waals surface area contributed by atoms with E-state index in [1.54, 1.807) is 43.3 Å². The number of carbonyl (C=O) groups excluding carboxylic acids is 2. The maximum absolute atomic E-state index is 13.3. The van der Waals surface area contributed by atoms with Crippen molar-refractivity contribution < 1.29 is 23.8 Å². The summed E-state index contributed by atoms with van der Waals surface area (Å²) in [7, 11) is 0. The molecule has 0 spiro atoms. The number of hydrogen-bond donors (Lipinski definition) is 1. The van der Waals surface area contributed by atoms with Crippen LogP contribution in [0.1, 0.15) is 48.1 Å². The zero-order valence-corrected chi connectivity index (χ0v) is 20.1. The summed E-state index contributed by atoms with van der Waals surface area (Å²) in [6.45, 7) is 10.3. The number of benzene rings is 2. The van der Waals surface area contributed by atoms with Crippen LogP contribution >= 0.6 is 0 Å². The second-order valence-corrected chi connectivity index (χ2v) is 9.20. The summed E-state index contributed by atoms with van der Waals surface area (Å²) in [4.78, 5) is 28.0. The molecule has 0 radical (unpaired) electrons. The van der Waals surface area contributed by atoms with Crippen molar-refractivity contribution >= 4 is 23.1 Å². The number of aliphatic hydroxyl groups excluding tert-OH is 1. The van der Waals surface area contributed by atoms with Crippen LogP contribution in [0, 0.1) is 26.7 Å². The predicted molar refractivity (Wildman–Crippen MR) is 131 cm³/mol. The number of ketones is 1. The Balaban J connectivity index is 1.87. The van der Waals surface area contributed by atoms with Gasteiger partial charge in [0.15, 0.2) is 0 Å². The Labute approximate surface area is 199 Å². The zero-order valence-electron chi connectivity index (χ0n) is 20.1. The summed E-state index contributed by atoms with van der Waals surface area (Å²) < 4.78 is 11.7. The van der Waals surface area contributed by atoms with Gasteiger partial charge in [-0.1, -0.05) is 32.0 Å². The molecular weight excluding hydrogens is 430 g/mol. The van der Waals surface area contributed by atoms with E-state index >= 15 is 0 Å². The third-order valence-electron chi connectivity index (χ3n) is 5.65. The van der Waals surface area contributed by atoms with Crippen LogP contribution in [0.5, 0.6) is 5.75 Å². The lowest BCUT2D eigenvalue weighted by Gasteiger charge is -2.24. The van der Waals surface area contributed by atoms with Crippen molar-refractivity contribution in [2.45, 2.75) is 40.7 Å². The topological polar surface area (TPSA) is 80.0 Å². The zero-order chi connectivity index (χ0) is 24.6. The number of Topliss-reactive ketones (excluding diaryl/α,β-unsaturated/α-hetero) is 1. The predicted octanol–water partition coefficient (Wildman–Crippen LogP) is 5.87. The summed E-state index contributed by atoms with van der Waals surface area (Å²) >= 11 is 0. The minimum absolute atomic E-state index is 0.0143. The van der Waals surface area contributed by atoms with E-state index in [-0.39, 0.29) is 11.3 Å². The number of nitrogens with zero attached hydrogens (tertiary/aromatic N) is 1. The van der Waals surface area contributed by atoms with Crippen molar-refractivity contribution in [3.8, 4) is 5.75 Å². The molecule has 1 saturated heterocycles. The Bertz CT molecular complexity index is 1260. The van der Waals surface area contributed by atoms with Crippen LogP contribution < -0.4 is 9.64 Å². The molecular formula is C28H29NO5. The van der Waals surface area contributed by atoms with E-state index in [4.69, 9.17) is 9.15 Å². The van der Waals surface area contributed by atoms with E-state index in [2.05, 4.69) is 0 Å². The Morgan fingerprint density at radius 3 is 2.35 bits per heavy atom. The summed E-state index contributed by atoms with van der Waals surface area (Å²) in [6, 6.07) is 15.2. The number of furan rings is 1. The molecule has 34 heavy (non-hydrogen) atoms. The number of carbonyl (C=O) groups is 2. The first-order valence-corrected chi connectivity index (χ1v) is 11.3. The van der Waals surface area contributed by atoms with Crippen LogP contribution in [0.2, 0.25) is 0 Å². The minimum Gasteiger partial charge on any atom is -0.507 e. The van der Waals surface area contributed by atoms with Crippen LogP contribution in [-0.2, 0) is 9.59 Å². The highest BCUT2D eigenvalue weighted by Gasteiger charge is 2.48. The molecule has 1 N–H and O–H groups in total. The fraction of sp³-hybridized carbons (Fsp3) is 0.286. The van der Waals surface area contributed by atoms with Crippen molar-refractivity contribution in [3.63, 3.8) is 0 Å². The van der Waals surface area contributed by atoms with Crippen LogP contribution in [0.3, 0.4) is 0 Å². The highest BCUT2D eigenvalue weighted by molar-refractivity contribution is 6.51. The van der Waals surface area contributed by atoms with E-state index in [1.807, 2.05) is 45.9 Å². The Kier molecular flexibility index (Phi) is 6.33. The number of rotatable bonds is 6. The van der Waals surface area contributed by atoms with Crippen molar-refractivity contribution in [1.82, 2.24) is 0 Å². The van der Waals surface area contributed by atoms with E-state index in [9.17, 15) is 14.7 Å². The lowest BCUT2D eigenvalue weighted by atomic mass is 9.99. The molecule has 2 aromatic carbocycles. The molecule has 1 fully saturated rings. The summed E-state index contributed by atoms with van der Waals surface area (Å²) in [5.74, 6) is 0.227. The van der Waals surface area contributed by atoms with Crippen LogP contribution in [0.4, 0.5) is 5.69 Å². The molecule has 4 rings (SSSR count). The Hall–Kier alpha value is -3.80. The van der Waals surface area contributed by atoms with Gasteiger partial charge in [-0.15, -0.1) is 0 Å². The third kappa shape index (κ3) is 4.49. The first-order valence-electron chi connectivity index (χ1n) is 11.3. The lowest BCUT2D eigenvalue weighted by Crippen LogP contribution is -2.29. The highest BCUT2D eigenvalue weighted by Crippen LogP contribution is 2.43. The molecule has 0 bridgehead atoms. The van der Waals surface area contributed by atoms with Crippen molar-refractivity contribution in [3.05, 3.63) is 88.4 Å². The van der Waals surface area contributed by atoms with Gasteiger partial charge >= 0.3 is 0 Å². The van der Waals surface area contributed by atoms with Gasteiger partial charge in [0.05, 0.1) is 12.2 Å². The molecule has 3 aromatic rings. The second kappa shape index (κ2) is 9.21. The van der Waals surface area contributed by atoms with Crippen LogP contribution in [0.25, 0.3) is 5.76 Å². The number of aliphatic hydroxyl groups is 1. The van der Waals surface area contributed by atoms with Gasteiger partial charge in [0.1, 0.15) is 29.1 Å². The Morgan fingerprint density at radius 1 is 1.03 bits per heavy atom. The van der Waals surface area contributed by atoms with Gasteiger partial charge in [0.25, 0.3) is 11.7 Å². The molecule has 0 aliphatic carbocycles. The van der Waals surface area contributed by atoms with Gasteiger partial charge in [-0.3, -0.25) is 14.5 Å². The monoisotopic (exact) mass is 459 g/mol. The van der Waals surface area contributed by atoms with E-state index in [0.29, 0.717) is 41.0 Å². The fourth-order valence-electron chi connectivity index (χ4n) is 4.21. The van der Waals surface area contributed by atoms with Crippen LogP contribution in [0.15, 0.2) is 64.6 Å². The third-order valence-corrected chi connectivity index (χ3v) is 5.65. The number of aryl methyl sites for hydroxylation is 3. The van der Waals surface area contributed by atoms with Gasteiger partial charge < -0.3 is 14.3 Å². The molecule has 0 saturated carbocycles. The maximum Gasteiger partial charge on any atom is 0.300 e. The smallest absolute Gasteiger partial charge is 0.300 e. The first-order chi connectivity index (χ1) is 16.2. The average Bonchev–Trinajstić information content (AvgIpc) is 3.32. The Morgan fingerprint density at radius 2 is 1.74 bits per heavy atom. The van der Waals surface area contributed by atoms with E-state index in [1.165, 1.54) is 4.90 Å². The average molecular weight is 460 g/mol. The van der Waals surface area contributed by atoms with Gasteiger partial charge in [0, 0.05) is 11.3 Å². The van der Waals surface area contributed by atoms with Crippen molar-refractivity contribution in [2.75, 3.05) is 11.5 Å². The molecule has 1 aliphatic rings. The number of hydrogen-bond acceptors (Lipinski definition) is 5. The minimum atomic E-state index is -0.893. The van der Waals surface area contributed by atoms with Crippen molar-refractivity contribution in [1.29, 1.82) is 0 Å². The maximum atomic E-state index is 13.3. The molecule has 1 atom stereocenters. The summed E-state index contributed by atoms with van der Waals surface area (Å²) in [5, 5.41) is 11.3. The van der Waals surface area contributed by atoms with E-state index < -0.39 is 17.7 Å². The van der Waals surface area contributed by atoms with Gasteiger partial charge in [0.2, 0.25) is 0 Å². The van der Waals surface area contributed by atoms with Gasteiger partial charge in [-0.2, -0.15) is 0 Å². The summed E-state index contributed by atoms with van der Waals surface area (Å²) in [5.41, 5.74) is 2.88. The van der Waals surface area contributed by atoms with Gasteiger partial charge in [-0.25, -0.2) is 0 Å². The quantitative estimate of drug-likeness (QED) is 0.283. The molecule has 1 aliphatic heterocycles. The number of ether oxygens (including phenoxy) is 1. The molecule has 6 heteroatoms. The number of anilines is 1. The van der Waals surface area contributed by atoms with Gasteiger partial charge in [-0.05, 0) is 74.2 Å². The first kappa shape index (κ1) is 23.4. The second-order valence-electron chi connectivity index (χ2n) is 9.20. The van der Waals surface area contributed by atoms with Crippen molar-refractivity contribution in [2.24, 2.45) is 5.92 Å². The SMILES string of the molecule is Cc1cc(C)cc(N2C(=O)C(=O)/C(=C(\O)c3cccc(OCC(C)C)c3)C2c2ccc(C)o2)c1. The molecule has 1 aromatic heterocycles. The number of amides is 1. The molecule has 176 valence electrons. The largest absolute Gasteiger partial charge is 0.507 e. The summed E-state index contributed by atoms with van der Waals surface area (Å²) in [6.07, 6.45) is 0. The molecule has 1 unspecified atom stereocenters. The fourth-order valence-corrected chi connectivity index (χ4v) is 4.21. The highest BCUT2D eigenvalue weighted by atomic mass is 16.5. The van der Waals surface area contributed by atoms with Crippen LogP contribution in [-0.4, -0.2) is 23.4 Å². The molecule has 6 nitrogen and oxygen atoms in total. The lowest BCUT2D eigenvalue weighted by molar-refractivity contribution is -0.132. The normalized spacial score (nSPS) is 17.6.